The predicted molar refractivity (Wildman–Crippen MR) is 116 cm³/mol. The summed E-state index contributed by atoms with van der Waals surface area (Å²) in [6.45, 7) is -0.398. The molecule has 4 rings (SSSR count). The molecule has 0 aliphatic heterocycles. The summed E-state index contributed by atoms with van der Waals surface area (Å²) < 4.78 is 5.83. The van der Waals surface area contributed by atoms with Crippen LogP contribution in [0.4, 0.5) is 0 Å². The minimum Gasteiger partial charge on any atom is -0.481 e. The van der Waals surface area contributed by atoms with Gasteiger partial charge >= 0.3 is 5.97 Å². The third kappa shape index (κ3) is 4.19. The van der Waals surface area contributed by atoms with E-state index < -0.39 is 12.6 Å². The molecule has 0 bridgehead atoms. The van der Waals surface area contributed by atoms with Gasteiger partial charge in [-0.2, -0.15) is 0 Å². The maximum atomic E-state index is 11.2. The van der Waals surface area contributed by atoms with Crippen molar-refractivity contribution >= 4 is 5.97 Å². The molecule has 0 saturated heterocycles. The van der Waals surface area contributed by atoms with E-state index in [-0.39, 0.29) is 0 Å². The van der Waals surface area contributed by atoms with Crippen molar-refractivity contribution in [2.24, 2.45) is 0 Å². The molecular formula is C26H20O3. The zero-order valence-corrected chi connectivity index (χ0v) is 15.8. The SMILES string of the molecule is O=C(O)COc1c(-c2ccccc2)cc(-c2ccccc2)cc1-c1ccccc1. The van der Waals surface area contributed by atoms with Gasteiger partial charge in [-0.05, 0) is 34.4 Å². The highest BCUT2D eigenvalue weighted by Crippen LogP contribution is 2.42. The number of aliphatic carboxylic acids is 1. The van der Waals surface area contributed by atoms with E-state index in [4.69, 9.17) is 4.74 Å². The van der Waals surface area contributed by atoms with E-state index >= 15 is 0 Å². The average Bonchev–Trinajstić information content (AvgIpc) is 2.79. The summed E-state index contributed by atoms with van der Waals surface area (Å²) >= 11 is 0. The van der Waals surface area contributed by atoms with Crippen molar-refractivity contribution in [2.45, 2.75) is 0 Å². The lowest BCUT2D eigenvalue weighted by atomic mass is 9.92. The van der Waals surface area contributed by atoms with Gasteiger partial charge in [-0.3, -0.25) is 0 Å². The second-order valence-electron chi connectivity index (χ2n) is 6.68. The largest absolute Gasteiger partial charge is 0.481 e. The molecule has 0 fully saturated rings. The van der Waals surface area contributed by atoms with E-state index in [1.807, 2.05) is 78.9 Å². The fourth-order valence-corrected chi connectivity index (χ4v) is 3.38. The molecule has 1 N–H and O–H groups in total. The highest BCUT2D eigenvalue weighted by atomic mass is 16.5. The molecule has 3 heteroatoms. The molecular weight excluding hydrogens is 360 g/mol. The van der Waals surface area contributed by atoms with Crippen LogP contribution in [-0.4, -0.2) is 17.7 Å². The van der Waals surface area contributed by atoms with Gasteiger partial charge in [-0.1, -0.05) is 91.0 Å². The molecule has 0 aliphatic carbocycles. The maximum absolute atomic E-state index is 11.2. The van der Waals surface area contributed by atoms with Crippen LogP contribution in [0.1, 0.15) is 0 Å². The van der Waals surface area contributed by atoms with Crippen molar-refractivity contribution < 1.29 is 14.6 Å². The van der Waals surface area contributed by atoms with Crippen molar-refractivity contribution in [1.82, 2.24) is 0 Å². The van der Waals surface area contributed by atoms with E-state index in [9.17, 15) is 9.90 Å². The van der Waals surface area contributed by atoms with Gasteiger partial charge in [0.05, 0.1) is 0 Å². The second-order valence-corrected chi connectivity index (χ2v) is 6.68. The minimum absolute atomic E-state index is 0.398. The third-order valence-electron chi connectivity index (χ3n) is 4.71. The molecule has 0 unspecified atom stereocenters. The smallest absolute Gasteiger partial charge is 0.341 e. The van der Waals surface area contributed by atoms with Gasteiger partial charge in [-0.15, -0.1) is 0 Å². The molecule has 3 nitrogen and oxygen atoms in total. The Morgan fingerprint density at radius 1 is 0.621 bits per heavy atom. The number of benzene rings is 4. The highest BCUT2D eigenvalue weighted by molar-refractivity contribution is 5.88. The van der Waals surface area contributed by atoms with Gasteiger partial charge in [0.1, 0.15) is 5.75 Å². The molecule has 0 radical (unpaired) electrons. The van der Waals surface area contributed by atoms with E-state index in [0.29, 0.717) is 5.75 Å². The molecule has 29 heavy (non-hydrogen) atoms. The fraction of sp³-hybridized carbons (Fsp3) is 0.0385. The normalized spacial score (nSPS) is 10.5. The lowest BCUT2D eigenvalue weighted by Crippen LogP contribution is -2.11. The molecule has 4 aromatic carbocycles. The van der Waals surface area contributed by atoms with E-state index in [1.54, 1.807) is 0 Å². The predicted octanol–water partition coefficient (Wildman–Crippen LogP) is 6.15. The summed E-state index contributed by atoms with van der Waals surface area (Å²) in [4.78, 5) is 11.2. The Morgan fingerprint density at radius 2 is 1.03 bits per heavy atom. The lowest BCUT2D eigenvalue weighted by molar-refractivity contribution is -0.139. The van der Waals surface area contributed by atoms with Crippen molar-refractivity contribution in [1.29, 1.82) is 0 Å². The van der Waals surface area contributed by atoms with Gasteiger partial charge in [0.15, 0.2) is 6.61 Å². The Kier molecular flexibility index (Phi) is 5.39. The zero-order chi connectivity index (χ0) is 20.1. The van der Waals surface area contributed by atoms with Crippen LogP contribution in [0.5, 0.6) is 5.75 Å². The summed E-state index contributed by atoms with van der Waals surface area (Å²) in [5.74, 6) is -0.431. The van der Waals surface area contributed by atoms with Crippen LogP contribution >= 0.6 is 0 Å². The van der Waals surface area contributed by atoms with E-state index in [1.165, 1.54) is 0 Å². The Bertz CT molecular complexity index is 1040. The monoisotopic (exact) mass is 380 g/mol. The van der Waals surface area contributed by atoms with Crippen LogP contribution in [0, 0.1) is 0 Å². The summed E-state index contributed by atoms with van der Waals surface area (Å²) in [6, 6.07) is 34.1. The van der Waals surface area contributed by atoms with Crippen LogP contribution in [0.2, 0.25) is 0 Å². The maximum Gasteiger partial charge on any atom is 0.341 e. The van der Waals surface area contributed by atoms with Gasteiger partial charge < -0.3 is 9.84 Å². The number of carboxylic acids is 1. The summed E-state index contributed by atoms with van der Waals surface area (Å²) in [5.41, 5.74) is 5.82. The van der Waals surface area contributed by atoms with Crippen LogP contribution in [0.25, 0.3) is 33.4 Å². The molecule has 0 atom stereocenters. The molecule has 142 valence electrons. The summed E-state index contributed by atoms with van der Waals surface area (Å²) in [5, 5.41) is 9.21. The molecule has 0 heterocycles. The van der Waals surface area contributed by atoms with Crippen LogP contribution in [0.15, 0.2) is 103 Å². The first-order valence-electron chi connectivity index (χ1n) is 9.41. The standard InChI is InChI=1S/C26H20O3/c27-25(28)18-29-26-23(20-12-6-2-7-13-20)16-22(19-10-4-1-5-11-19)17-24(26)21-14-8-3-9-15-21/h1-17H,18H2,(H,27,28). The number of carbonyl (C=O) groups is 1. The second kappa shape index (κ2) is 8.44. The quantitative estimate of drug-likeness (QED) is 0.436. The Morgan fingerprint density at radius 3 is 1.45 bits per heavy atom. The number of ether oxygens (including phenoxy) is 1. The first-order valence-corrected chi connectivity index (χ1v) is 9.41. The average molecular weight is 380 g/mol. The van der Waals surface area contributed by atoms with Crippen molar-refractivity contribution in [3.8, 4) is 39.1 Å². The van der Waals surface area contributed by atoms with Gasteiger partial charge in [0.25, 0.3) is 0 Å². The van der Waals surface area contributed by atoms with Gasteiger partial charge in [0.2, 0.25) is 0 Å². The van der Waals surface area contributed by atoms with Crippen LogP contribution in [0.3, 0.4) is 0 Å². The van der Waals surface area contributed by atoms with Crippen LogP contribution < -0.4 is 4.74 Å². The van der Waals surface area contributed by atoms with Crippen molar-refractivity contribution in [3.05, 3.63) is 103 Å². The first kappa shape index (κ1) is 18.5. The molecule has 0 spiro atoms. The molecule has 0 aromatic heterocycles. The summed E-state index contributed by atoms with van der Waals surface area (Å²) in [6.07, 6.45) is 0. The molecule has 4 aromatic rings. The highest BCUT2D eigenvalue weighted by Gasteiger charge is 2.17. The fourth-order valence-electron chi connectivity index (χ4n) is 3.38. The first-order chi connectivity index (χ1) is 14.2. The Balaban J connectivity index is 1.99. The number of hydrogen-bond donors (Lipinski definition) is 1. The van der Waals surface area contributed by atoms with Crippen molar-refractivity contribution in [3.63, 3.8) is 0 Å². The number of carboxylic acid groups (broad SMARTS) is 1. The van der Waals surface area contributed by atoms with Crippen LogP contribution in [-0.2, 0) is 4.79 Å². The summed E-state index contributed by atoms with van der Waals surface area (Å²) in [7, 11) is 0. The number of rotatable bonds is 6. The molecule has 0 saturated carbocycles. The topological polar surface area (TPSA) is 46.5 Å². The minimum atomic E-state index is -1.00. The van der Waals surface area contributed by atoms with E-state index in [0.717, 1.165) is 33.4 Å². The van der Waals surface area contributed by atoms with Gasteiger partial charge in [-0.25, -0.2) is 4.79 Å². The Labute approximate surface area is 169 Å². The lowest BCUT2D eigenvalue weighted by Gasteiger charge is -2.18. The van der Waals surface area contributed by atoms with Crippen molar-refractivity contribution in [2.75, 3.05) is 6.61 Å². The molecule has 0 amide bonds. The number of hydrogen-bond acceptors (Lipinski definition) is 2. The van der Waals surface area contributed by atoms with E-state index in [2.05, 4.69) is 24.3 Å². The van der Waals surface area contributed by atoms with Gasteiger partial charge in [0, 0.05) is 11.1 Å². The third-order valence-corrected chi connectivity index (χ3v) is 4.71. The molecule has 0 aliphatic rings. The zero-order valence-electron chi connectivity index (χ0n) is 15.8. The Hall–Kier alpha value is -3.85.